The van der Waals surface area contributed by atoms with Gasteiger partial charge in [0.25, 0.3) is 0 Å². The molecule has 1 aliphatic carbocycles. The highest BCUT2D eigenvalue weighted by atomic mass is 19.1. The van der Waals surface area contributed by atoms with Crippen molar-refractivity contribution in [2.75, 3.05) is 0 Å². The Kier molecular flexibility index (Phi) is 3.63. The average Bonchev–Trinajstić information content (AvgIpc) is 2.41. The van der Waals surface area contributed by atoms with Gasteiger partial charge < -0.3 is 5.73 Å². The second-order valence-electron chi connectivity index (χ2n) is 5.04. The molecular formula is C15H20FN. The third kappa shape index (κ3) is 2.75. The molecule has 0 aliphatic heterocycles. The Morgan fingerprint density at radius 3 is 2.71 bits per heavy atom. The smallest absolute Gasteiger partial charge is 0.131 e. The largest absolute Gasteiger partial charge is 0.324 e. The van der Waals surface area contributed by atoms with Gasteiger partial charge in [-0.2, -0.15) is 0 Å². The molecule has 0 heterocycles. The number of nitrogens with two attached hydrogens (primary N) is 1. The summed E-state index contributed by atoms with van der Waals surface area (Å²) in [5, 5.41) is 0. The van der Waals surface area contributed by atoms with E-state index in [4.69, 9.17) is 5.73 Å². The van der Waals surface area contributed by atoms with E-state index in [2.05, 4.69) is 0 Å². The molecular weight excluding hydrogens is 213 g/mol. The third-order valence-electron chi connectivity index (χ3n) is 3.40. The van der Waals surface area contributed by atoms with E-state index < -0.39 is 0 Å². The van der Waals surface area contributed by atoms with Crippen LogP contribution in [0.1, 0.15) is 42.4 Å². The van der Waals surface area contributed by atoms with Gasteiger partial charge in [0.2, 0.25) is 0 Å². The molecule has 0 saturated carbocycles. The van der Waals surface area contributed by atoms with Crippen molar-refractivity contribution < 1.29 is 4.39 Å². The van der Waals surface area contributed by atoms with Crippen LogP contribution in [0, 0.1) is 19.7 Å². The van der Waals surface area contributed by atoms with Crippen LogP contribution in [0.2, 0.25) is 0 Å². The van der Waals surface area contributed by atoms with Gasteiger partial charge in [0.15, 0.2) is 0 Å². The van der Waals surface area contributed by atoms with Crippen molar-refractivity contribution >= 4 is 5.57 Å². The summed E-state index contributed by atoms with van der Waals surface area (Å²) in [7, 11) is 0. The van der Waals surface area contributed by atoms with Crippen LogP contribution in [0.4, 0.5) is 4.39 Å². The number of hydrogen-bond donors (Lipinski definition) is 1. The molecule has 2 heteroatoms. The van der Waals surface area contributed by atoms with Crippen molar-refractivity contribution in [2.45, 2.75) is 45.6 Å². The summed E-state index contributed by atoms with van der Waals surface area (Å²) < 4.78 is 14.1. The lowest BCUT2D eigenvalue weighted by molar-refractivity contribution is 0.619. The van der Waals surface area contributed by atoms with Crippen molar-refractivity contribution in [3.05, 3.63) is 40.7 Å². The Balaban J connectivity index is 2.45. The van der Waals surface area contributed by atoms with Crippen LogP contribution in [0.25, 0.3) is 5.57 Å². The van der Waals surface area contributed by atoms with Crippen molar-refractivity contribution in [1.29, 1.82) is 0 Å². The van der Waals surface area contributed by atoms with Crippen LogP contribution < -0.4 is 5.73 Å². The summed E-state index contributed by atoms with van der Waals surface area (Å²) in [6.07, 6.45) is 6.23. The molecule has 1 unspecified atom stereocenters. The van der Waals surface area contributed by atoms with E-state index >= 15 is 0 Å². The first kappa shape index (κ1) is 12.3. The lowest BCUT2D eigenvalue weighted by atomic mass is 9.94. The first-order valence-corrected chi connectivity index (χ1v) is 6.31. The zero-order chi connectivity index (χ0) is 12.4. The topological polar surface area (TPSA) is 26.0 Å². The Morgan fingerprint density at radius 2 is 2.00 bits per heavy atom. The second-order valence-corrected chi connectivity index (χ2v) is 5.04. The third-order valence-corrected chi connectivity index (χ3v) is 3.40. The van der Waals surface area contributed by atoms with Crippen molar-refractivity contribution in [3.8, 4) is 0 Å². The van der Waals surface area contributed by atoms with Gasteiger partial charge in [-0.1, -0.05) is 18.6 Å². The molecule has 1 nitrogen and oxygen atoms in total. The van der Waals surface area contributed by atoms with Crippen LogP contribution in [0.15, 0.2) is 18.2 Å². The van der Waals surface area contributed by atoms with Crippen LogP contribution in [-0.4, -0.2) is 6.04 Å². The maximum atomic E-state index is 14.1. The Bertz CT molecular complexity index is 425. The average molecular weight is 233 g/mol. The number of rotatable bonds is 1. The molecule has 0 radical (unpaired) electrons. The highest BCUT2D eigenvalue weighted by Gasteiger charge is 2.15. The van der Waals surface area contributed by atoms with Gasteiger partial charge in [-0.3, -0.25) is 0 Å². The molecule has 1 aromatic carbocycles. The molecule has 0 fully saturated rings. The number of benzene rings is 1. The van der Waals surface area contributed by atoms with E-state index in [0.29, 0.717) is 0 Å². The van der Waals surface area contributed by atoms with Gasteiger partial charge in [0.05, 0.1) is 0 Å². The fourth-order valence-corrected chi connectivity index (χ4v) is 2.65. The van der Waals surface area contributed by atoms with Gasteiger partial charge in [-0.05, 0) is 55.9 Å². The molecule has 1 aromatic rings. The maximum absolute atomic E-state index is 14.1. The molecule has 1 atom stereocenters. The van der Waals surface area contributed by atoms with Gasteiger partial charge >= 0.3 is 0 Å². The van der Waals surface area contributed by atoms with Crippen molar-refractivity contribution in [1.82, 2.24) is 0 Å². The van der Waals surface area contributed by atoms with Crippen molar-refractivity contribution in [3.63, 3.8) is 0 Å². The van der Waals surface area contributed by atoms with E-state index in [9.17, 15) is 4.39 Å². The quantitative estimate of drug-likeness (QED) is 0.786. The monoisotopic (exact) mass is 233 g/mol. The zero-order valence-electron chi connectivity index (χ0n) is 10.6. The predicted molar refractivity (Wildman–Crippen MR) is 70.3 cm³/mol. The second kappa shape index (κ2) is 5.01. The molecule has 0 saturated heterocycles. The van der Waals surface area contributed by atoms with Gasteiger partial charge in [-0.25, -0.2) is 4.39 Å². The lowest BCUT2D eigenvalue weighted by Crippen LogP contribution is -2.15. The molecule has 0 spiro atoms. The molecule has 2 rings (SSSR count). The van der Waals surface area contributed by atoms with Crippen LogP contribution in [0.5, 0.6) is 0 Å². The Labute approximate surface area is 103 Å². The zero-order valence-corrected chi connectivity index (χ0v) is 10.6. The predicted octanol–water partition coefficient (Wildman–Crippen LogP) is 3.73. The molecule has 92 valence electrons. The lowest BCUT2D eigenvalue weighted by Gasteiger charge is -2.12. The van der Waals surface area contributed by atoms with E-state index in [1.54, 1.807) is 6.07 Å². The van der Waals surface area contributed by atoms with Crippen LogP contribution in [-0.2, 0) is 0 Å². The Morgan fingerprint density at radius 1 is 1.24 bits per heavy atom. The number of aryl methyl sites for hydroxylation is 2. The summed E-state index contributed by atoms with van der Waals surface area (Å²) in [5.41, 5.74) is 9.84. The fourth-order valence-electron chi connectivity index (χ4n) is 2.65. The van der Waals surface area contributed by atoms with E-state index in [1.165, 1.54) is 0 Å². The fraction of sp³-hybridized carbons (Fsp3) is 0.467. The Hall–Kier alpha value is -1.15. The SMILES string of the molecule is Cc1cc(C)c(C2=CC(N)CCCC2)c(F)c1. The van der Waals surface area contributed by atoms with Gasteiger partial charge in [0, 0.05) is 11.6 Å². The highest BCUT2D eigenvalue weighted by Crippen LogP contribution is 2.30. The minimum atomic E-state index is -0.108. The minimum Gasteiger partial charge on any atom is -0.324 e. The molecule has 2 N–H and O–H groups in total. The molecule has 1 aliphatic rings. The van der Waals surface area contributed by atoms with E-state index in [-0.39, 0.29) is 11.9 Å². The molecule has 0 bridgehead atoms. The summed E-state index contributed by atoms with van der Waals surface area (Å²) in [6, 6.07) is 3.72. The number of allylic oxidation sites excluding steroid dienone is 1. The minimum absolute atomic E-state index is 0.0765. The van der Waals surface area contributed by atoms with Crippen LogP contribution in [0.3, 0.4) is 0 Å². The summed E-state index contributed by atoms with van der Waals surface area (Å²) in [5.74, 6) is -0.108. The first-order valence-electron chi connectivity index (χ1n) is 6.31. The standard InChI is InChI=1S/C15H20FN/c1-10-7-11(2)15(14(16)8-10)12-5-3-4-6-13(17)9-12/h7-9,13H,3-6,17H2,1-2H3. The molecule has 0 aromatic heterocycles. The maximum Gasteiger partial charge on any atom is 0.131 e. The normalized spacial score (nSPS) is 20.9. The summed E-state index contributed by atoms with van der Waals surface area (Å²) in [6.45, 7) is 3.90. The summed E-state index contributed by atoms with van der Waals surface area (Å²) in [4.78, 5) is 0. The summed E-state index contributed by atoms with van der Waals surface area (Å²) >= 11 is 0. The first-order chi connectivity index (χ1) is 8.08. The van der Waals surface area contributed by atoms with Gasteiger partial charge in [-0.15, -0.1) is 0 Å². The number of halogens is 1. The van der Waals surface area contributed by atoms with Crippen LogP contribution >= 0.6 is 0 Å². The van der Waals surface area contributed by atoms with Gasteiger partial charge in [0.1, 0.15) is 5.82 Å². The molecule has 17 heavy (non-hydrogen) atoms. The van der Waals surface area contributed by atoms with Crippen molar-refractivity contribution in [2.24, 2.45) is 5.73 Å². The molecule has 0 amide bonds. The highest BCUT2D eigenvalue weighted by molar-refractivity contribution is 5.69. The van der Waals surface area contributed by atoms with E-state index in [0.717, 1.165) is 47.9 Å². The van der Waals surface area contributed by atoms with E-state index in [1.807, 2.05) is 26.0 Å². The number of hydrogen-bond acceptors (Lipinski definition) is 1.